The number of nitrogens with one attached hydrogen (secondary N) is 2. The van der Waals surface area contributed by atoms with E-state index in [1.54, 1.807) is 6.92 Å². The van der Waals surface area contributed by atoms with Crippen LogP contribution in [0.5, 0.6) is 17.2 Å². The Morgan fingerprint density at radius 2 is 1.97 bits per heavy atom. The first-order chi connectivity index (χ1) is 17.4. The van der Waals surface area contributed by atoms with Crippen LogP contribution in [0.4, 0.5) is 0 Å². The molecular weight excluding hydrogens is 484 g/mol. The molecule has 0 saturated carbocycles. The Kier molecular flexibility index (Phi) is 5.43. The zero-order valence-corrected chi connectivity index (χ0v) is 20.5. The number of aromatic hydroxyl groups is 2. The highest BCUT2D eigenvalue weighted by molar-refractivity contribution is 6.31. The van der Waals surface area contributed by atoms with Crippen LogP contribution < -0.4 is 15.4 Å². The third-order valence-electron chi connectivity index (χ3n) is 7.05. The van der Waals surface area contributed by atoms with E-state index >= 15 is 0 Å². The second-order valence-corrected chi connectivity index (χ2v) is 9.45. The number of Topliss-reactive ketones (excluding diaryl/α,β-unsaturated/α-hetero) is 2. The molecule has 0 spiro atoms. The number of hydrogen-bond acceptors (Lipinski definition) is 11. The number of ketones is 3. The summed E-state index contributed by atoms with van der Waals surface area (Å²) in [7, 11) is 0. The smallest absolute Gasteiger partial charge is 0.249 e. The van der Waals surface area contributed by atoms with Gasteiger partial charge in [-0.1, -0.05) is 5.16 Å². The normalized spacial score (nSPS) is 23.7. The molecule has 192 valence electrons. The fourth-order valence-corrected chi connectivity index (χ4v) is 4.94. The lowest BCUT2D eigenvalue weighted by Gasteiger charge is -2.29. The number of carbonyl (C=O) groups excluding carboxylic acids is 4. The number of rotatable bonds is 5. The highest BCUT2D eigenvalue weighted by Crippen LogP contribution is 2.57. The standard InChI is InChI=1S/C25H24N4O8/c1-9-20(33)18(11(3)30)22-19(21(9)34)25(4)14(36-22)7-13(31)17(23(25)35)10(2)26-8-15-28-24(37-29-15)12-5-6-16(32)27-12/h7,12,26,33-34H,5-6,8H2,1-4H3,(H,27,32). The van der Waals surface area contributed by atoms with Gasteiger partial charge in [-0.2, -0.15) is 4.98 Å². The molecule has 12 nitrogen and oxygen atoms in total. The Hall–Kier alpha value is -4.48. The Labute approximate surface area is 210 Å². The van der Waals surface area contributed by atoms with E-state index in [1.807, 2.05) is 0 Å². The van der Waals surface area contributed by atoms with Gasteiger partial charge in [-0.15, -0.1) is 0 Å². The van der Waals surface area contributed by atoms with Crippen LogP contribution in [0.1, 0.15) is 72.9 Å². The number of nitrogens with zero attached hydrogens (tertiary/aromatic N) is 2. The molecule has 1 aromatic heterocycles. The van der Waals surface area contributed by atoms with Gasteiger partial charge in [0, 0.05) is 23.8 Å². The molecule has 2 atom stereocenters. The largest absolute Gasteiger partial charge is 0.507 e. The average molecular weight is 508 g/mol. The number of allylic oxidation sites excluding steroid dienone is 4. The summed E-state index contributed by atoms with van der Waals surface area (Å²) < 4.78 is 11.0. The second kappa shape index (κ2) is 8.29. The van der Waals surface area contributed by atoms with Crippen LogP contribution >= 0.6 is 0 Å². The molecule has 3 heterocycles. The second-order valence-electron chi connectivity index (χ2n) is 9.45. The summed E-state index contributed by atoms with van der Waals surface area (Å²) in [5, 5.41) is 30.9. The fourth-order valence-electron chi connectivity index (χ4n) is 4.94. The molecule has 1 aliphatic carbocycles. The number of ether oxygens (including phenoxy) is 1. The highest BCUT2D eigenvalue weighted by Gasteiger charge is 2.56. The lowest BCUT2D eigenvalue weighted by atomic mass is 9.70. The van der Waals surface area contributed by atoms with Crippen molar-refractivity contribution in [2.45, 2.75) is 58.5 Å². The molecule has 1 amide bonds. The summed E-state index contributed by atoms with van der Waals surface area (Å²) >= 11 is 0. The van der Waals surface area contributed by atoms with Crippen LogP contribution in [-0.2, 0) is 26.3 Å². The third kappa shape index (κ3) is 3.51. The van der Waals surface area contributed by atoms with Crippen molar-refractivity contribution >= 4 is 23.3 Å². The molecule has 37 heavy (non-hydrogen) atoms. The first-order valence-corrected chi connectivity index (χ1v) is 11.6. The quantitative estimate of drug-likeness (QED) is 0.262. The number of phenolic OH excluding ortho intramolecular Hbond substituents is 2. The summed E-state index contributed by atoms with van der Waals surface area (Å²) in [6.45, 7) is 5.72. The molecule has 1 saturated heterocycles. The van der Waals surface area contributed by atoms with Crippen molar-refractivity contribution in [3.63, 3.8) is 0 Å². The third-order valence-corrected chi connectivity index (χ3v) is 7.05. The molecule has 4 N–H and O–H groups in total. The molecule has 3 aliphatic rings. The van der Waals surface area contributed by atoms with E-state index in [0.29, 0.717) is 12.8 Å². The fraction of sp³-hybridized carbons (Fsp3) is 0.360. The van der Waals surface area contributed by atoms with Gasteiger partial charge in [-0.3, -0.25) is 19.2 Å². The summed E-state index contributed by atoms with van der Waals surface area (Å²) in [4.78, 5) is 54.8. The number of phenols is 2. The van der Waals surface area contributed by atoms with E-state index in [1.165, 1.54) is 20.8 Å². The van der Waals surface area contributed by atoms with Crippen LogP contribution in [0.3, 0.4) is 0 Å². The van der Waals surface area contributed by atoms with Gasteiger partial charge in [0.05, 0.1) is 17.7 Å². The SMILES string of the molecule is CC(=O)c1c(O)c(C)c(O)c2c1OC1=CC(=O)C(=C(C)NCc3noc(C4CCC(=O)N4)n3)C(=O)C12C. The first kappa shape index (κ1) is 24.2. The number of fused-ring (bicyclic) bond motifs is 3. The van der Waals surface area contributed by atoms with E-state index in [-0.39, 0.29) is 69.7 Å². The van der Waals surface area contributed by atoms with Crippen molar-refractivity contribution in [3.05, 3.63) is 51.5 Å². The van der Waals surface area contributed by atoms with Gasteiger partial charge in [-0.05, 0) is 34.1 Å². The van der Waals surface area contributed by atoms with E-state index in [0.717, 1.165) is 6.08 Å². The van der Waals surface area contributed by atoms with Gasteiger partial charge < -0.3 is 30.1 Å². The van der Waals surface area contributed by atoms with Gasteiger partial charge in [-0.25, -0.2) is 0 Å². The Bertz CT molecular complexity index is 1480. The number of hydrogen-bond donors (Lipinski definition) is 4. The molecule has 12 heteroatoms. The van der Waals surface area contributed by atoms with E-state index in [9.17, 15) is 29.4 Å². The van der Waals surface area contributed by atoms with Crippen molar-refractivity contribution in [1.29, 1.82) is 0 Å². The van der Waals surface area contributed by atoms with Gasteiger partial charge in [0.2, 0.25) is 11.8 Å². The predicted molar refractivity (Wildman–Crippen MR) is 125 cm³/mol. The van der Waals surface area contributed by atoms with Crippen molar-refractivity contribution in [2.24, 2.45) is 0 Å². The Morgan fingerprint density at radius 1 is 1.24 bits per heavy atom. The van der Waals surface area contributed by atoms with Crippen LogP contribution in [0.25, 0.3) is 0 Å². The summed E-state index contributed by atoms with van der Waals surface area (Å²) in [5.41, 5.74) is -1.66. The number of benzene rings is 1. The Morgan fingerprint density at radius 3 is 2.62 bits per heavy atom. The van der Waals surface area contributed by atoms with Crippen molar-refractivity contribution in [1.82, 2.24) is 20.8 Å². The first-order valence-electron chi connectivity index (χ1n) is 11.6. The summed E-state index contributed by atoms with van der Waals surface area (Å²) in [6, 6.07) is -0.351. The number of amides is 1. The molecule has 1 fully saturated rings. The predicted octanol–water partition coefficient (Wildman–Crippen LogP) is 1.69. The molecular formula is C25H24N4O8. The number of aromatic nitrogens is 2. The maximum Gasteiger partial charge on any atom is 0.249 e. The minimum absolute atomic E-state index is 0.0171. The summed E-state index contributed by atoms with van der Waals surface area (Å²) in [6.07, 6.45) is 2.07. The van der Waals surface area contributed by atoms with Crippen molar-refractivity contribution < 1.29 is 38.7 Å². The van der Waals surface area contributed by atoms with Crippen LogP contribution in [0.2, 0.25) is 0 Å². The molecule has 5 rings (SSSR count). The maximum absolute atomic E-state index is 13.8. The zero-order valence-electron chi connectivity index (χ0n) is 20.5. The van der Waals surface area contributed by atoms with Crippen LogP contribution in [-0.4, -0.2) is 43.6 Å². The number of carbonyl (C=O) groups is 4. The lowest BCUT2D eigenvalue weighted by Crippen LogP contribution is -2.41. The molecule has 2 aromatic rings. The van der Waals surface area contributed by atoms with Crippen LogP contribution in [0.15, 0.2) is 27.6 Å². The van der Waals surface area contributed by atoms with Gasteiger partial charge in [0.15, 0.2) is 23.2 Å². The monoisotopic (exact) mass is 508 g/mol. The molecule has 2 unspecified atom stereocenters. The maximum atomic E-state index is 13.8. The Balaban J connectivity index is 1.48. The van der Waals surface area contributed by atoms with Crippen LogP contribution in [0, 0.1) is 6.92 Å². The minimum atomic E-state index is -1.60. The van der Waals surface area contributed by atoms with E-state index < -0.39 is 34.3 Å². The molecule has 0 radical (unpaired) electrons. The van der Waals surface area contributed by atoms with E-state index in [4.69, 9.17) is 9.26 Å². The highest BCUT2D eigenvalue weighted by atomic mass is 16.5. The van der Waals surface area contributed by atoms with Crippen molar-refractivity contribution in [2.75, 3.05) is 0 Å². The molecule has 2 aliphatic heterocycles. The average Bonchev–Trinajstić information content (AvgIpc) is 3.54. The lowest BCUT2D eigenvalue weighted by molar-refractivity contribution is -0.124. The van der Waals surface area contributed by atoms with Gasteiger partial charge in [0.25, 0.3) is 0 Å². The summed E-state index contributed by atoms with van der Waals surface area (Å²) in [5.74, 6) is -2.38. The van der Waals surface area contributed by atoms with Gasteiger partial charge in [0.1, 0.15) is 40.0 Å². The zero-order chi connectivity index (χ0) is 26.8. The molecule has 1 aromatic carbocycles. The van der Waals surface area contributed by atoms with Gasteiger partial charge >= 0.3 is 0 Å². The topological polar surface area (TPSA) is 181 Å². The molecule has 0 bridgehead atoms. The minimum Gasteiger partial charge on any atom is -0.507 e. The van der Waals surface area contributed by atoms with E-state index in [2.05, 4.69) is 20.8 Å². The van der Waals surface area contributed by atoms with Crippen molar-refractivity contribution in [3.8, 4) is 17.2 Å².